The van der Waals surface area contributed by atoms with Crippen molar-refractivity contribution in [2.24, 2.45) is 4.99 Å². The van der Waals surface area contributed by atoms with E-state index in [1.54, 1.807) is 0 Å². The average molecular weight is 404 g/mol. The van der Waals surface area contributed by atoms with Gasteiger partial charge in [0.2, 0.25) is 0 Å². The van der Waals surface area contributed by atoms with Gasteiger partial charge in [0.25, 0.3) is 0 Å². The van der Waals surface area contributed by atoms with Gasteiger partial charge in [-0.1, -0.05) is 69.6 Å². The predicted octanol–water partition coefficient (Wildman–Crippen LogP) is 7.06. The first kappa shape index (κ1) is 17.0. The fraction of sp³-hybridized carbons (Fsp3) is 0. The first-order valence-corrected chi connectivity index (χ1v) is 7.63. The van der Waals surface area contributed by atoms with Crippen LogP contribution in [0.5, 0.6) is 5.75 Å². The van der Waals surface area contributed by atoms with Gasteiger partial charge < -0.3 is 5.11 Å². The third kappa shape index (κ3) is 3.70. The monoisotopic (exact) mass is 401 g/mol. The Kier molecular flexibility index (Phi) is 5.53. The van der Waals surface area contributed by atoms with Crippen LogP contribution in [-0.4, -0.2) is 11.3 Å². The number of aliphatic imine (C=N–C) groups is 1. The fourth-order valence-electron chi connectivity index (χ4n) is 1.49. The van der Waals surface area contributed by atoms with Crippen molar-refractivity contribution in [2.75, 3.05) is 0 Å². The number of halogens is 6. The fourth-order valence-corrected chi connectivity index (χ4v) is 2.90. The molecule has 0 fully saturated rings. The molecule has 0 amide bonds. The Labute approximate surface area is 150 Å². The van der Waals surface area contributed by atoms with E-state index in [4.69, 9.17) is 69.6 Å². The van der Waals surface area contributed by atoms with Crippen LogP contribution in [0, 0.1) is 0 Å². The second-order valence-corrected chi connectivity index (χ2v) is 6.31. The predicted molar refractivity (Wildman–Crippen MR) is 91.9 cm³/mol. The Hall–Kier alpha value is -0.350. The van der Waals surface area contributed by atoms with E-state index in [0.29, 0.717) is 10.6 Å². The van der Waals surface area contributed by atoms with E-state index < -0.39 is 0 Å². The third-order valence-corrected chi connectivity index (χ3v) is 4.54. The van der Waals surface area contributed by atoms with Crippen LogP contribution < -0.4 is 0 Å². The molecule has 0 saturated carbocycles. The van der Waals surface area contributed by atoms with Crippen molar-refractivity contribution < 1.29 is 5.11 Å². The number of aromatic hydroxyl groups is 1. The van der Waals surface area contributed by atoms with E-state index in [9.17, 15) is 5.11 Å². The van der Waals surface area contributed by atoms with E-state index >= 15 is 0 Å². The van der Waals surface area contributed by atoms with E-state index in [0.717, 1.165) is 0 Å². The Morgan fingerprint density at radius 3 is 1.95 bits per heavy atom. The molecular weight excluding hydrogens is 399 g/mol. The summed E-state index contributed by atoms with van der Waals surface area (Å²) in [6, 6.07) is 4.31. The number of rotatable bonds is 2. The van der Waals surface area contributed by atoms with Gasteiger partial charge >= 0.3 is 0 Å². The van der Waals surface area contributed by atoms with Crippen LogP contribution in [0.4, 0.5) is 5.69 Å². The number of hydrogen-bond acceptors (Lipinski definition) is 2. The summed E-state index contributed by atoms with van der Waals surface area (Å²) in [5.41, 5.74) is 0.488. The minimum atomic E-state index is -0.162. The largest absolute Gasteiger partial charge is 0.506 e. The minimum Gasteiger partial charge on any atom is -0.506 e. The number of benzene rings is 2. The minimum absolute atomic E-state index is 0.102. The van der Waals surface area contributed by atoms with Gasteiger partial charge in [0.05, 0.1) is 25.1 Å². The molecule has 0 spiro atoms. The normalized spacial score (nSPS) is 11.3. The summed E-state index contributed by atoms with van der Waals surface area (Å²) in [5.74, 6) is -0.162. The standard InChI is InChI=1S/C13H5Cl6NO/c14-6-1-5(13(21)9(17)2-6)4-20-12-10(18)7(15)3-8(16)11(12)19/h1-4,21H. The van der Waals surface area contributed by atoms with Crippen LogP contribution in [0.2, 0.25) is 30.1 Å². The molecule has 0 aliphatic carbocycles. The summed E-state index contributed by atoms with van der Waals surface area (Å²) < 4.78 is 0. The molecule has 8 heteroatoms. The lowest BCUT2D eigenvalue weighted by atomic mass is 10.2. The zero-order chi connectivity index (χ0) is 15.7. The molecular formula is C13H5Cl6NO. The lowest BCUT2D eigenvalue weighted by Crippen LogP contribution is -1.85. The van der Waals surface area contributed by atoms with Crippen LogP contribution in [-0.2, 0) is 0 Å². The maximum Gasteiger partial charge on any atom is 0.143 e. The van der Waals surface area contributed by atoms with E-state index in [2.05, 4.69) is 4.99 Å². The van der Waals surface area contributed by atoms with Crippen molar-refractivity contribution in [3.8, 4) is 5.75 Å². The van der Waals surface area contributed by atoms with Gasteiger partial charge in [-0.05, 0) is 18.2 Å². The molecule has 2 nitrogen and oxygen atoms in total. The summed E-state index contributed by atoms with van der Waals surface area (Å²) in [6.45, 7) is 0. The average Bonchev–Trinajstić information content (AvgIpc) is 2.41. The van der Waals surface area contributed by atoms with Gasteiger partial charge in [0, 0.05) is 16.8 Å². The highest BCUT2D eigenvalue weighted by atomic mass is 35.5. The summed E-state index contributed by atoms with van der Waals surface area (Å²) in [6.07, 6.45) is 1.31. The number of phenolic OH excluding ortho intramolecular Hbond substituents is 1. The molecule has 0 atom stereocenters. The van der Waals surface area contributed by atoms with Gasteiger partial charge in [-0.15, -0.1) is 0 Å². The molecule has 110 valence electrons. The molecule has 2 rings (SSSR count). The summed E-state index contributed by atoms with van der Waals surface area (Å²) in [5, 5.41) is 11.0. The molecule has 21 heavy (non-hydrogen) atoms. The molecule has 2 aromatic rings. The molecule has 0 saturated heterocycles. The van der Waals surface area contributed by atoms with Crippen LogP contribution in [0.1, 0.15) is 5.56 Å². The quantitative estimate of drug-likeness (QED) is 0.422. The topological polar surface area (TPSA) is 32.6 Å². The molecule has 0 radical (unpaired) electrons. The Morgan fingerprint density at radius 1 is 0.810 bits per heavy atom. The first-order chi connectivity index (χ1) is 9.81. The SMILES string of the molecule is Oc1c(Cl)cc(Cl)cc1C=Nc1c(Cl)c(Cl)cc(Cl)c1Cl. The van der Waals surface area contributed by atoms with Gasteiger partial charge in [0.1, 0.15) is 11.4 Å². The third-order valence-electron chi connectivity index (χ3n) is 2.48. The number of hydrogen-bond donors (Lipinski definition) is 1. The highest BCUT2D eigenvalue weighted by molar-refractivity contribution is 6.50. The molecule has 0 heterocycles. The van der Waals surface area contributed by atoms with Gasteiger partial charge in [-0.2, -0.15) is 0 Å². The van der Waals surface area contributed by atoms with Crippen molar-refractivity contribution in [1.29, 1.82) is 0 Å². The Morgan fingerprint density at radius 2 is 1.38 bits per heavy atom. The Balaban J connectivity index is 2.53. The van der Waals surface area contributed by atoms with Crippen molar-refractivity contribution in [1.82, 2.24) is 0 Å². The summed E-state index contributed by atoms with van der Waals surface area (Å²) in [7, 11) is 0. The highest BCUT2D eigenvalue weighted by Crippen LogP contribution is 2.43. The summed E-state index contributed by atoms with van der Waals surface area (Å²) in [4.78, 5) is 4.11. The Bertz CT molecular complexity index is 718. The van der Waals surface area contributed by atoms with E-state index in [1.165, 1.54) is 24.4 Å². The number of phenols is 1. The van der Waals surface area contributed by atoms with E-state index in [-0.39, 0.29) is 36.6 Å². The van der Waals surface area contributed by atoms with Crippen molar-refractivity contribution in [3.05, 3.63) is 53.9 Å². The second kappa shape index (κ2) is 6.82. The molecule has 0 aliphatic rings. The number of nitrogens with zero attached hydrogens (tertiary/aromatic N) is 1. The lowest BCUT2D eigenvalue weighted by molar-refractivity contribution is 0.475. The van der Waals surface area contributed by atoms with Crippen LogP contribution in [0.15, 0.2) is 23.2 Å². The molecule has 0 unspecified atom stereocenters. The molecule has 0 aliphatic heterocycles. The highest BCUT2D eigenvalue weighted by Gasteiger charge is 2.13. The van der Waals surface area contributed by atoms with Gasteiger partial charge in [0.15, 0.2) is 0 Å². The van der Waals surface area contributed by atoms with Crippen molar-refractivity contribution in [2.45, 2.75) is 0 Å². The zero-order valence-corrected chi connectivity index (χ0v) is 14.5. The first-order valence-electron chi connectivity index (χ1n) is 5.36. The summed E-state index contributed by atoms with van der Waals surface area (Å²) >= 11 is 35.6. The maximum atomic E-state index is 9.85. The van der Waals surface area contributed by atoms with Crippen molar-refractivity contribution in [3.63, 3.8) is 0 Å². The van der Waals surface area contributed by atoms with Gasteiger partial charge in [-0.25, -0.2) is 0 Å². The molecule has 1 N–H and O–H groups in total. The van der Waals surface area contributed by atoms with E-state index in [1.807, 2.05) is 0 Å². The smallest absolute Gasteiger partial charge is 0.143 e. The van der Waals surface area contributed by atoms with Gasteiger partial charge in [-0.3, -0.25) is 4.99 Å². The lowest BCUT2D eigenvalue weighted by Gasteiger charge is -2.06. The second-order valence-electron chi connectivity index (χ2n) is 3.90. The van der Waals surface area contributed by atoms with Crippen molar-refractivity contribution >= 4 is 81.5 Å². The molecule has 2 aromatic carbocycles. The zero-order valence-electron chi connectivity index (χ0n) is 9.97. The molecule has 0 bridgehead atoms. The van der Waals surface area contributed by atoms with Crippen LogP contribution in [0.25, 0.3) is 0 Å². The van der Waals surface area contributed by atoms with Crippen LogP contribution >= 0.6 is 69.6 Å². The molecule has 0 aromatic heterocycles. The maximum absolute atomic E-state index is 9.85. The van der Waals surface area contributed by atoms with Crippen LogP contribution in [0.3, 0.4) is 0 Å².